The largest absolute Gasteiger partial charge is 0.375 e. The fourth-order valence-electron chi connectivity index (χ4n) is 4.08. The minimum atomic E-state index is 0.542. The molecule has 0 aliphatic rings. The highest BCUT2D eigenvalue weighted by Crippen LogP contribution is 2.23. The summed E-state index contributed by atoms with van der Waals surface area (Å²) in [6.45, 7) is 14.4. The van der Waals surface area contributed by atoms with Gasteiger partial charge in [-0.05, 0) is 71.5 Å². The van der Waals surface area contributed by atoms with E-state index in [1.165, 1.54) is 11.4 Å². The normalized spacial score (nSPS) is 10.2. The Morgan fingerprint density at radius 1 is 0.575 bits per heavy atom. The van der Waals surface area contributed by atoms with Crippen molar-refractivity contribution in [3.63, 3.8) is 0 Å². The second-order valence-corrected chi connectivity index (χ2v) is 8.94. The third-order valence-electron chi connectivity index (χ3n) is 6.16. The van der Waals surface area contributed by atoms with Crippen molar-refractivity contribution in [3.8, 4) is 12.1 Å². The first kappa shape index (κ1) is 33.7. The second-order valence-electron chi connectivity index (χ2n) is 8.94. The molecule has 0 unspecified atom stereocenters. The third kappa shape index (κ3) is 10.1. The van der Waals surface area contributed by atoms with Gasteiger partial charge in [-0.2, -0.15) is 10.5 Å². The molecule has 0 bridgehead atoms. The Morgan fingerprint density at radius 2 is 0.900 bits per heavy atom. The fourth-order valence-corrected chi connectivity index (χ4v) is 4.08. The molecule has 40 heavy (non-hydrogen) atoms. The number of rotatable bonds is 10. The monoisotopic (exact) mass is 534 g/mol. The van der Waals surface area contributed by atoms with Crippen molar-refractivity contribution in [1.82, 2.24) is 0 Å². The first-order chi connectivity index (χ1) is 19.5. The average molecular weight is 535 g/mol. The smallest absolute Gasteiger partial charge is 0.0998 e. The van der Waals surface area contributed by atoms with Crippen molar-refractivity contribution >= 4 is 35.7 Å². The first-order valence-electron chi connectivity index (χ1n) is 14.5. The molecular formula is C36H46N4. The fraction of sp³-hybridized carbons (Fsp3) is 0.333. The van der Waals surface area contributed by atoms with Crippen LogP contribution in [0, 0.1) is 22.7 Å². The summed E-state index contributed by atoms with van der Waals surface area (Å²) in [5.41, 5.74) is 7.01. The molecule has 0 aromatic heterocycles. The lowest BCUT2D eigenvalue weighted by Crippen LogP contribution is -2.17. The Hall–Kier alpha value is -4.28. The summed E-state index contributed by atoms with van der Waals surface area (Å²) < 4.78 is 0. The van der Waals surface area contributed by atoms with Gasteiger partial charge in [0.05, 0.1) is 23.3 Å². The van der Waals surface area contributed by atoms with Crippen LogP contribution >= 0.6 is 0 Å². The van der Waals surface area contributed by atoms with Gasteiger partial charge in [0, 0.05) is 38.6 Å². The van der Waals surface area contributed by atoms with Crippen molar-refractivity contribution < 1.29 is 0 Å². The van der Waals surface area contributed by atoms with Gasteiger partial charge in [0.15, 0.2) is 0 Å². The maximum atomic E-state index is 9.76. The molecule has 3 rings (SSSR count). The molecule has 3 aromatic carbocycles. The van der Waals surface area contributed by atoms with E-state index < -0.39 is 0 Å². The molecule has 0 saturated carbocycles. The molecule has 0 fully saturated rings. The zero-order valence-corrected chi connectivity index (χ0v) is 25.7. The lowest BCUT2D eigenvalue weighted by atomic mass is 9.97. The Morgan fingerprint density at radius 3 is 1.18 bits per heavy atom. The van der Waals surface area contributed by atoms with Crippen LogP contribution in [0.3, 0.4) is 0 Å². The van der Waals surface area contributed by atoms with Crippen LogP contribution in [0.5, 0.6) is 0 Å². The van der Waals surface area contributed by atoms with Crippen molar-refractivity contribution in [2.24, 2.45) is 0 Å². The first-order valence-corrected chi connectivity index (χ1v) is 14.5. The molecule has 3 aromatic rings. The van der Waals surface area contributed by atoms with Crippen LogP contribution in [0.1, 0.15) is 87.8 Å². The zero-order chi connectivity index (χ0) is 29.9. The highest BCUT2D eigenvalue weighted by molar-refractivity contribution is 5.79. The van der Waals surface area contributed by atoms with Crippen LogP contribution < -0.4 is 9.80 Å². The Kier molecular flexibility index (Phi) is 15.9. The van der Waals surface area contributed by atoms with Crippen LogP contribution in [-0.4, -0.2) is 27.2 Å². The molecule has 0 N–H and O–H groups in total. The van der Waals surface area contributed by atoms with Gasteiger partial charge in [-0.1, -0.05) is 90.1 Å². The molecule has 0 heterocycles. The maximum Gasteiger partial charge on any atom is 0.0998 e. The van der Waals surface area contributed by atoms with E-state index >= 15 is 0 Å². The summed E-state index contributed by atoms with van der Waals surface area (Å²) in [4.78, 5) is 4.46. The summed E-state index contributed by atoms with van der Waals surface area (Å²) in [7, 11) is 4.18. The van der Waals surface area contributed by atoms with Gasteiger partial charge in [0.2, 0.25) is 0 Å². The molecule has 0 saturated heterocycles. The number of anilines is 2. The van der Waals surface area contributed by atoms with E-state index in [4.69, 9.17) is 0 Å². The Bertz CT molecular complexity index is 1180. The molecule has 0 radical (unpaired) electrons. The molecule has 4 heteroatoms. The van der Waals surface area contributed by atoms with Crippen molar-refractivity contribution in [2.75, 3.05) is 37.0 Å². The number of nitriles is 2. The molecule has 0 aliphatic heterocycles. The zero-order valence-electron chi connectivity index (χ0n) is 25.7. The SMILES string of the molecule is CC.CC.CCCN(C)c1ccc(/C=C/c2cc(C#N)c(/C=C/c3ccc(N(C)CCC)cc3)cc2C#N)cc1. The van der Waals surface area contributed by atoms with E-state index in [0.29, 0.717) is 11.1 Å². The number of nitrogens with zero attached hydrogens (tertiary/aromatic N) is 4. The number of hydrogen-bond acceptors (Lipinski definition) is 4. The van der Waals surface area contributed by atoms with Crippen LogP contribution in [0.4, 0.5) is 11.4 Å². The molecule has 0 amide bonds. The van der Waals surface area contributed by atoms with E-state index in [1.54, 1.807) is 12.1 Å². The van der Waals surface area contributed by atoms with Gasteiger partial charge < -0.3 is 9.80 Å². The minimum absolute atomic E-state index is 0.542. The maximum absolute atomic E-state index is 9.76. The van der Waals surface area contributed by atoms with Crippen LogP contribution in [0.15, 0.2) is 60.7 Å². The van der Waals surface area contributed by atoms with Crippen molar-refractivity contribution in [2.45, 2.75) is 54.4 Å². The second kappa shape index (κ2) is 18.9. The minimum Gasteiger partial charge on any atom is -0.375 e. The van der Waals surface area contributed by atoms with Gasteiger partial charge in [0.25, 0.3) is 0 Å². The summed E-state index contributed by atoms with van der Waals surface area (Å²) in [6, 6.07) is 24.8. The van der Waals surface area contributed by atoms with E-state index in [2.05, 4.69) is 98.4 Å². The molecular weight excluding hydrogens is 488 g/mol. The van der Waals surface area contributed by atoms with Crippen molar-refractivity contribution in [1.29, 1.82) is 10.5 Å². The highest BCUT2D eigenvalue weighted by atomic mass is 15.1. The van der Waals surface area contributed by atoms with Crippen LogP contribution in [0.25, 0.3) is 24.3 Å². The van der Waals surface area contributed by atoms with Gasteiger partial charge in [-0.3, -0.25) is 0 Å². The van der Waals surface area contributed by atoms with E-state index in [-0.39, 0.29) is 0 Å². The van der Waals surface area contributed by atoms with E-state index in [1.807, 2.05) is 52.0 Å². The Balaban J connectivity index is 0.00000191. The Labute approximate surface area is 243 Å². The summed E-state index contributed by atoms with van der Waals surface area (Å²) in [5, 5.41) is 19.5. The summed E-state index contributed by atoms with van der Waals surface area (Å²) >= 11 is 0. The van der Waals surface area contributed by atoms with Crippen LogP contribution in [0.2, 0.25) is 0 Å². The molecule has 0 atom stereocenters. The highest BCUT2D eigenvalue weighted by Gasteiger charge is 2.07. The lowest BCUT2D eigenvalue weighted by molar-refractivity contribution is 0.852. The molecule has 210 valence electrons. The average Bonchev–Trinajstić information content (AvgIpc) is 3.01. The lowest BCUT2D eigenvalue weighted by Gasteiger charge is -2.18. The van der Waals surface area contributed by atoms with Crippen molar-refractivity contribution in [3.05, 3.63) is 94.0 Å². The predicted octanol–water partition coefficient (Wildman–Crippen LogP) is 9.52. The van der Waals surface area contributed by atoms with Crippen LogP contribution in [-0.2, 0) is 0 Å². The predicted molar refractivity (Wildman–Crippen MR) is 176 cm³/mol. The molecule has 0 spiro atoms. The number of hydrogen-bond donors (Lipinski definition) is 0. The number of benzene rings is 3. The third-order valence-corrected chi connectivity index (χ3v) is 6.16. The quantitative estimate of drug-likeness (QED) is 0.243. The summed E-state index contributed by atoms with van der Waals surface area (Å²) in [5.74, 6) is 0. The van der Waals surface area contributed by atoms with E-state index in [9.17, 15) is 10.5 Å². The standard InChI is InChI=1S/C32H34N4.2C2H6/c1-5-19-35(3)31-15-9-25(10-16-31)7-13-27-21-30(24-34)28(22-29(27)23-33)14-8-26-11-17-32(18-12-26)36(4)20-6-2;2*1-2/h7-18,21-22H,5-6,19-20H2,1-4H3;2*1-2H3/b13-7+,14-8+;;. The van der Waals surface area contributed by atoms with E-state index in [0.717, 1.165) is 48.2 Å². The topological polar surface area (TPSA) is 54.1 Å². The summed E-state index contributed by atoms with van der Waals surface area (Å²) in [6.07, 6.45) is 9.97. The van der Waals surface area contributed by atoms with Gasteiger partial charge in [0.1, 0.15) is 0 Å². The van der Waals surface area contributed by atoms with Gasteiger partial charge >= 0.3 is 0 Å². The molecule has 4 nitrogen and oxygen atoms in total. The van der Waals surface area contributed by atoms with Gasteiger partial charge in [-0.25, -0.2) is 0 Å². The van der Waals surface area contributed by atoms with Gasteiger partial charge in [-0.15, -0.1) is 0 Å². The molecule has 0 aliphatic carbocycles.